The zero-order valence-corrected chi connectivity index (χ0v) is 10.8. The molecule has 0 spiro atoms. The Bertz CT molecular complexity index is 426. The number of benzene rings is 1. The van der Waals surface area contributed by atoms with Crippen molar-refractivity contribution in [3.8, 4) is 5.75 Å². The summed E-state index contributed by atoms with van der Waals surface area (Å²) in [6.45, 7) is 4.64. The van der Waals surface area contributed by atoms with Crippen LogP contribution >= 0.6 is 0 Å². The Kier molecular flexibility index (Phi) is 4.20. The van der Waals surface area contributed by atoms with Crippen LogP contribution in [-0.2, 0) is 6.42 Å². The summed E-state index contributed by atoms with van der Waals surface area (Å²) in [6.07, 6.45) is 1.83. The van der Waals surface area contributed by atoms with Crippen LogP contribution in [0.1, 0.15) is 29.3 Å². The number of fused-ring (bicyclic) bond motifs is 1. The first kappa shape index (κ1) is 12.9. The first-order chi connectivity index (χ1) is 8.76. The molecular formula is C14H20N2O2. The van der Waals surface area contributed by atoms with E-state index in [0.29, 0.717) is 19.7 Å². The summed E-state index contributed by atoms with van der Waals surface area (Å²) < 4.78 is 5.44. The monoisotopic (exact) mass is 248 g/mol. The van der Waals surface area contributed by atoms with Gasteiger partial charge in [-0.25, -0.2) is 0 Å². The smallest absolute Gasteiger partial charge is 0.253 e. The lowest BCUT2D eigenvalue weighted by Gasteiger charge is -2.21. The third-order valence-electron chi connectivity index (χ3n) is 3.12. The molecule has 1 aromatic carbocycles. The summed E-state index contributed by atoms with van der Waals surface area (Å²) in [7, 11) is 0. The normalized spacial score (nSPS) is 13.0. The van der Waals surface area contributed by atoms with Gasteiger partial charge in [0.15, 0.2) is 0 Å². The number of ether oxygens (including phenoxy) is 1. The van der Waals surface area contributed by atoms with Crippen molar-refractivity contribution in [1.29, 1.82) is 0 Å². The van der Waals surface area contributed by atoms with Gasteiger partial charge in [0.1, 0.15) is 5.75 Å². The largest absolute Gasteiger partial charge is 0.493 e. The predicted octanol–water partition coefficient (Wildman–Crippen LogP) is 1.43. The van der Waals surface area contributed by atoms with Gasteiger partial charge < -0.3 is 15.4 Å². The average Bonchev–Trinajstić information content (AvgIpc) is 2.84. The van der Waals surface area contributed by atoms with E-state index in [9.17, 15) is 4.79 Å². The molecule has 4 heteroatoms. The van der Waals surface area contributed by atoms with Crippen LogP contribution < -0.4 is 10.5 Å². The fourth-order valence-corrected chi connectivity index (χ4v) is 2.24. The molecule has 0 atom stereocenters. The molecule has 2 N–H and O–H groups in total. The minimum Gasteiger partial charge on any atom is -0.493 e. The molecule has 0 aromatic heterocycles. The van der Waals surface area contributed by atoms with Gasteiger partial charge in [0.25, 0.3) is 5.91 Å². The third kappa shape index (κ3) is 2.64. The van der Waals surface area contributed by atoms with Crippen LogP contribution in [0.5, 0.6) is 5.75 Å². The highest BCUT2D eigenvalue weighted by atomic mass is 16.5. The number of hydrogen-bond acceptors (Lipinski definition) is 3. The Balaban J connectivity index is 2.16. The van der Waals surface area contributed by atoms with E-state index in [4.69, 9.17) is 10.5 Å². The van der Waals surface area contributed by atoms with E-state index in [0.717, 1.165) is 36.3 Å². The Morgan fingerprint density at radius 3 is 3.00 bits per heavy atom. The van der Waals surface area contributed by atoms with E-state index in [1.165, 1.54) is 0 Å². The molecular weight excluding hydrogens is 228 g/mol. The first-order valence-electron chi connectivity index (χ1n) is 6.51. The van der Waals surface area contributed by atoms with Crippen LogP contribution in [0.15, 0.2) is 18.2 Å². The Morgan fingerprint density at radius 2 is 2.28 bits per heavy atom. The maximum atomic E-state index is 12.4. The maximum Gasteiger partial charge on any atom is 0.253 e. The van der Waals surface area contributed by atoms with Crippen molar-refractivity contribution in [2.75, 3.05) is 26.2 Å². The van der Waals surface area contributed by atoms with E-state index in [-0.39, 0.29) is 5.91 Å². The quantitative estimate of drug-likeness (QED) is 0.857. The number of amides is 1. The number of nitrogens with zero attached hydrogens (tertiary/aromatic N) is 1. The second-order valence-electron chi connectivity index (χ2n) is 4.50. The van der Waals surface area contributed by atoms with Crippen molar-refractivity contribution in [2.45, 2.75) is 19.8 Å². The molecule has 0 fully saturated rings. The number of nitrogens with two attached hydrogens (primary N) is 1. The molecule has 0 unspecified atom stereocenters. The summed E-state index contributed by atoms with van der Waals surface area (Å²) >= 11 is 0. The highest BCUT2D eigenvalue weighted by Gasteiger charge is 2.18. The maximum absolute atomic E-state index is 12.4. The molecule has 2 rings (SSSR count). The highest BCUT2D eigenvalue weighted by molar-refractivity contribution is 5.94. The zero-order valence-electron chi connectivity index (χ0n) is 10.8. The van der Waals surface area contributed by atoms with E-state index in [2.05, 4.69) is 6.92 Å². The van der Waals surface area contributed by atoms with E-state index >= 15 is 0 Å². The molecule has 0 aliphatic carbocycles. The highest BCUT2D eigenvalue weighted by Crippen LogP contribution is 2.26. The summed E-state index contributed by atoms with van der Waals surface area (Å²) in [5.74, 6) is 0.976. The van der Waals surface area contributed by atoms with Crippen LogP contribution in [0.4, 0.5) is 0 Å². The predicted molar refractivity (Wildman–Crippen MR) is 70.9 cm³/mol. The fourth-order valence-electron chi connectivity index (χ4n) is 2.24. The first-order valence-corrected chi connectivity index (χ1v) is 6.51. The average molecular weight is 248 g/mol. The molecule has 1 aliphatic rings. The Morgan fingerprint density at radius 1 is 1.44 bits per heavy atom. The minimum atomic E-state index is 0.0667. The van der Waals surface area contributed by atoms with Gasteiger partial charge >= 0.3 is 0 Å². The van der Waals surface area contributed by atoms with Gasteiger partial charge in [-0.05, 0) is 30.2 Å². The van der Waals surface area contributed by atoms with Gasteiger partial charge in [-0.15, -0.1) is 0 Å². The van der Waals surface area contributed by atoms with Crippen LogP contribution in [0, 0.1) is 0 Å². The van der Waals surface area contributed by atoms with Crippen molar-refractivity contribution >= 4 is 5.91 Å². The number of rotatable bonds is 5. The molecule has 1 aliphatic heterocycles. The lowest BCUT2D eigenvalue weighted by Crippen LogP contribution is -2.35. The lowest BCUT2D eigenvalue weighted by molar-refractivity contribution is 0.0760. The summed E-state index contributed by atoms with van der Waals surface area (Å²) in [6, 6.07) is 5.68. The van der Waals surface area contributed by atoms with Crippen molar-refractivity contribution in [2.24, 2.45) is 5.73 Å². The molecule has 98 valence electrons. The van der Waals surface area contributed by atoms with Crippen molar-refractivity contribution < 1.29 is 9.53 Å². The van der Waals surface area contributed by atoms with Gasteiger partial charge in [0.2, 0.25) is 0 Å². The van der Waals surface area contributed by atoms with E-state index in [1.54, 1.807) is 0 Å². The van der Waals surface area contributed by atoms with Crippen molar-refractivity contribution in [3.63, 3.8) is 0 Å². The van der Waals surface area contributed by atoms with Crippen LogP contribution in [0.3, 0.4) is 0 Å². The second-order valence-corrected chi connectivity index (χ2v) is 4.50. The number of hydrogen-bond donors (Lipinski definition) is 1. The molecule has 0 radical (unpaired) electrons. The van der Waals surface area contributed by atoms with Crippen molar-refractivity contribution in [1.82, 2.24) is 4.90 Å². The molecule has 0 saturated carbocycles. The van der Waals surface area contributed by atoms with E-state index < -0.39 is 0 Å². The summed E-state index contributed by atoms with van der Waals surface area (Å²) in [5, 5.41) is 0. The molecule has 4 nitrogen and oxygen atoms in total. The Labute approximate surface area is 108 Å². The van der Waals surface area contributed by atoms with Gasteiger partial charge in [0.05, 0.1) is 6.61 Å². The molecule has 0 bridgehead atoms. The van der Waals surface area contributed by atoms with Gasteiger partial charge in [-0.1, -0.05) is 6.92 Å². The van der Waals surface area contributed by atoms with Gasteiger partial charge in [0, 0.05) is 31.6 Å². The molecule has 1 aromatic rings. The topological polar surface area (TPSA) is 55.6 Å². The number of carbonyl (C=O) groups is 1. The molecule has 1 heterocycles. The SMILES string of the molecule is CCCN(CCN)C(=O)c1ccc2c(c1)CCO2. The summed E-state index contributed by atoms with van der Waals surface area (Å²) in [4.78, 5) is 14.2. The van der Waals surface area contributed by atoms with Crippen LogP contribution in [0.25, 0.3) is 0 Å². The lowest BCUT2D eigenvalue weighted by atomic mass is 10.1. The molecule has 18 heavy (non-hydrogen) atoms. The zero-order chi connectivity index (χ0) is 13.0. The fraction of sp³-hybridized carbons (Fsp3) is 0.500. The third-order valence-corrected chi connectivity index (χ3v) is 3.12. The van der Waals surface area contributed by atoms with Crippen molar-refractivity contribution in [3.05, 3.63) is 29.3 Å². The van der Waals surface area contributed by atoms with Gasteiger partial charge in [-0.3, -0.25) is 4.79 Å². The second kappa shape index (κ2) is 5.87. The molecule has 1 amide bonds. The van der Waals surface area contributed by atoms with E-state index in [1.807, 2.05) is 23.1 Å². The Hall–Kier alpha value is -1.55. The van der Waals surface area contributed by atoms with Crippen LogP contribution in [-0.4, -0.2) is 37.0 Å². The van der Waals surface area contributed by atoms with Crippen LogP contribution in [0.2, 0.25) is 0 Å². The standard InChI is InChI=1S/C14H20N2O2/c1-2-7-16(8-6-15)14(17)12-3-4-13-11(10-12)5-9-18-13/h3-4,10H,2,5-9,15H2,1H3. The minimum absolute atomic E-state index is 0.0667. The van der Waals surface area contributed by atoms with Gasteiger partial charge in [-0.2, -0.15) is 0 Å². The summed E-state index contributed by atoms with van der Waals surface area (Å²) in [5.41, 5.74) is 7.42. The molecule has 0 saturated heterocycles. The number of carbonyl (C=O) groups excluding carboxylic acids is 1.